The average molecular weight is 312 g/mol. The number of hydrogen-bond donors (Lipinski definition) is 2. The molecule has 0 radical (unpaired) electrons. The summed E-state index contributed by atoms with van der Waals surface area (Å²) in [4.78, 5) is 23.9. The molecule has 2 N–H and O–H groups in total. The molecule has 0 saturated heterocycles. The molecule has 1 amide bonds. The van der Waals surface area contributed by atoms with Gasteiger partial charge in [-0.2, -0.15) is 0 Å². The summed E-state index contributed by atoms with van der Waals surface area (Å²) < 4.78 is 0. The molecule has 0 spiro atoms. The zero-order chi connectivity index (χ0) is 15.8. The van der Waals surface area contributed by atoms with Crippen molar-refractivity contribution in [2.24, 2.45) is 5.92 Å². The highest BCUT2D eigenvalue weighted by Crippen LogP contribution is 2.15. The predicted molar refractivity (Wildman–Crippen MR) is 83.5 cm³/mol. The number of halogens is 1. The maximum absolute atomic E-state index is 12.2. The second-order valence-corrected chi connectivity index (χ2v) is 5.61. The number of carbonyl (C=O) groups is 2. The molecule has 0 aromatic heterocycles. The molecule has 1 aromatic carbocycles. The van der Waals surface area contributed by atoms with Gasteiger partial charge in [-0.05, 0) is 37.1 Å². The number of carbonyl (C=O) groups excluding carboxylic acids is 2. The van der Waals surface area contributed by atoms with E-state index in [9.17, 15) is 14.7 Å². The Kier molecular flexibility index (Phi) is 7.40. The van der Waals surface area contributed by atoms with Gasteiger partial charge in [-0.1, -0.05) is 25.4 Å². The molecule has 0 saturated carbocycles. The summed E-state index contributed by atoms with van der Waals surface area (Å²) in [5.74, 6) is -0.634. The van der Waals surface area contributed by atoms with Gasteiger partial charge < -0.3 is 10.4 Å². The number of aliphatic hydroxyl groups is 1. The van der Waals surface area contributed by atoms with E-state index in [-0.39, 0.29) is 24.0 Å². The van der Waals surface area contributed by atoms with Crippen molar-refractivity contribution < 1.29 is 14.7 Å². The van der Waals surface area contributed by atoms with E-state index in [0.717, 1.165) is 0 Å². The summed E-state index contributed by atoms with van der Waals surface area (Å²) in [5.41, 5.74) is 0.557. The number of Topliss-reactive ketones (excluding diaryl/α,β-unsaturated/α-hetero) is 1. The lowest BCUT2D eigenvalue weighted by atomic mass is 9.96. The fourth-order valence-corrected chi connectivity index (χ4v) is 2.05. The number of ketones is 1. The van der Waals surface area contributed by atoms with Gasteiger partial charge in [-0.3, -0.25) is 9.59 Å². The largest absolute Gasteiger partial charge is 0.393 e. The van der Waals surface area contributed by atoms with Crippen LogP contribution >= 0.6 is 11.6 Å². The first kappa shape index (κ1) is 17.7. The predicted octanol–water partition coefficient (Wildman–Crippen LogP) is 2.83. The smallest absolute Gasteiger partial charge is 0.220 e. The first-order valence-corrected chi connectivity index (χ1v) is 7.56. The topological polar surface area (TPSA) is 66.4 Å². The molecule has 2 atom stereocenters. The number of benzene rings is 1. The molecule has 1 rings (SSSR count). The Balaban J connectivity index is 2.41. The van der Waals surface area contributed by atoms with E-state index in [4.69, 9.17) is 11.6 Å². The van der Waals surface area contributed by atoms with Crippen LogP contribution in [0.3, 0.4) is 0 Å². The van der Waals surface area contributed by atoms with E-state index in [1.165, 1.54) is 0 Å². The minimum atomic E-state index is -0.390. The van der Waals surface area contributed by atoms with Crippen LogP contribution in [0, 0.1) is 5.92 Å². The Morgan fingerprint density at radius 1 is 1.29 bits per heavy atom. The van der Waals surface area contributed by atoms with E-state index in [1.54, 1.807) is 31.2 Å². The normalized spacial score (nSPS) is 13.5. The molecule has 0 aliphatic carbocycles. The van der Waals surface area contributed by atoms with E-state index < -0.39 is 6.10 Å². The highest BCUT2D eigenvalue weighted by molar-refractivity contribution is 6.30. The van der Waals surface area contributed by atoms with Crippen LogP contribution in [0.2, 0.25) is 5.02 Å². The Labute approximate surface area is 130 Å². The third-order valence-electron chi connectivity index (χ3n) is 3.34. The summed E-state index contributed by atoms with van der Waals surface area (Å²) in [6.07, 6.45) is 0.950. The number of nitrogens with one attached hydrogen (secondary N) is 1. The highest BCUT2D eigenvalue weighted by atomic mass is 35.5. The van der Waals surface area contributed by atoms with Crippen molar-refractivity contribution in [1.29, 1.82) is 0 Å². The van der Waals surface area contributed by atoms with E-state index in [2.05, 4.69) is 5.32 Å². The summed E-state index contributed by atoms with van der Waals surface area (Å²) in [6, 6.07) is 6.65. The van der Waals surface area contributed by atoms with Crippen LogP contribution in [0.15, 0.2) is 24.3 Å². The second kappa shape index (κ2) is 8.80. The van der Waals surface area contributed by atoms with E-state index in [0.29, 0.717) is 30.0 Å². The lowest BCUT2D eigenvalue weighted by molar-refractivity contribution is -0.121. The van der Waals surface area contributed by atoms with Crippen LogP contribution in [0.4, 0.5) is 0 Å². The van der Waals surface area contributed by atoms with Gasteiger partial charge >= 0.3 is 0 Å². The molecule has 1 aromatic rings. The van der Waals surface area contributed by atoms with Crippen molar-refractivity contribution in [3.8, 4) is 0 Å². The fraction of sp³-hybridized carbons (Fsp3) is 0.500. The van der Waals surface area contributed by atoms with Crippen molar-refractivity contribution >= 4 is 23.3 Å². The van der Waals surface area contributed by atoms with Gasteiger partial charge in [0.1, 0.15) is 0 Å². The Morgan fingerprint density at radius 3 is 2.48 bits per heavy atom. The number of rotatable bonds is 8. The number of amides is 1. The van der Waals surface area contributed by atoms with Crippen LogP contribution in [-0.2, 0) is 4.79 Å². The third-order valence-corrected chi connectivity index (χ3v) is 3.59. The average Bonchev–Trinajstić information content (AvgIpc) is 2.46. The molecular formula is C16H22ClNO3. The van der Waals surface area contributed by atoms with Crippen molar-refractivity contribution in [2.75, 3.05) is 6.54 Å². The molecule has 21 heavy (non-hydrogen) atoms. The van der Waals surface area contributed by atoms with Gasteiger partial charge in [0.15, 0.2) is 5.78 Å². The van der Waals surface area contributed by atoms with Crippen molar-refractivity contribution in [3.63, 3.8) is 0 Å². The minimum absolute atomic E-state index is 0.0737. The Morgan fingerprint density at radius 2 is 1.90 bits per heavy atom. The van der Waals surface area contributed by atoms with Gasteiger partial charge in [0, 0.05) is 29.5 Å². The van der Waals surface area contributed by atoms with Crippen LogP contribution < -0.4 is 5.32 Å². The van der Waals surface area contributed by atoms with Crippen LogP contribution in [0.1, 0.15) is 43.5 Å². The minimum Gasteiger partial charge on any atom is -0.393 e. The van der Waals surface area contributed by atoms with Gasteiger partial charge in [0.25, 0.3) is 0 Å². The lowest BCUT2D eigenvalue weighted by Gasteiger charge is -2.12. The number of aliphatic hydroxyl groups excluding tert-OH is 1. The first-order chi connectivity index (χ1) is 9.93. The monoisotopic (exact) mass is 311 g/mol. The standard InChI is InChI=1S/C16H22ClNO3/c1-3-14(19)8-9-18-15(20)10-11(2)16(21)12-4-6-13(17)7-5-12/h4-7,11,14,19H,3,8-10H2,1-2H3,(H,18,20). The van der Waals surface area contributed by atoms with Crippen LogP contribution in [0.5, 0.6) is 0 Å². The SMILES string of the molecule is CCC(O)CCNC(=O)CC(C)C(=O)c1ccc(Cl)cc1. The van der Waals surface area contributed by atoms with Gasteiger partial charge in [0.2, 0.25) is 5.91 Å². The molecule has 0 aliphatic rings. The van der Waals surface area contributed by atoms with Crippen molar-refractivity contribution in [3.05, 3.63) is 34.9 Å². The van der Waals surface area contributed by atoms with Gasteiger partial charge in [-0.15, -0.1) is 0 Å². The van der Waals surface area contributed by atoms with Crippen LogP contribution in [0.25, 0.3) is 0 Å². The zero-order valence-electron chi connectivity index (χ0n) is 12.4. The molecular weight excluding hydrogens is 290 g/mol. The first-order valence-electron chi connectivity index (χ1n) is 7.18. The summed E-state index contributed by atoms with van der Waals surface area (Å²) >= 11 is 5.78. The lowest BCUT2D eigenvalue weighted by Crippen LogP contribution is -2.29. The summed E-state index contributed by atoms with van der Waals surface area (Å²) in [7, 11) is 0. The maximum Gasteiger partial charge on any atom is 0.220 e. The molecule has 0 aliphatic heterocycles. The third kappa shape index (κ3) is 6.27. The number of hydrogen-bond acceptors (Lipinski definition) is 3. The molecule has 0 fully saturated rings. The second-order valence-electron chi connectivity index (χ2n) is 5.18. The summed E-state index contributed by atoms with van der Waals surface area (Å²) in [6.45, 7) is 4.05. The molecule has 2 unspecified atom stereocenters. The van der Waals surface area contributed by atoms with Crippen molar-refractivity contribution in [1.82, 2.24) is 5.32 Å². The maximum atomic E-state index is 12.2. The quantitative estimate of drug-likeness (QED) is 0.725. The molecule has 116 valence electrons. The van der Waals surface area contributed by atoms with Crippen LogP contribution in [-0.4, -0.2) is 29.4 Å². The zero-order valence-corrected chi connectivity index (χ0v) is 13.2. The van der Waals surface area contributed by atoms with E-state index >= 15 is 0 Å². The molecule has 5 heteroatoms. The highest BCUT2D eigenvalue weighted by Gasteiger charge is 2.18. The molecule has 0 bridgehead atoms. The van der Waals surface area contributed by atoms with Gasteiger partial charge in [-0.25, -0.2) is 0 Å². The fourth-order valence-electron chi connectivity index (χ4n) is 1.92. The molecule has 4 nitrogen and oxygen atoms in total. The van der Waals surface area contributed by atoms with E-state index in [1.807, 2.05) is 6.92 Å². The Hall–Kier alpha value is -1.39. The summed E-state index contributed by atoms with van der Waals surface area (Å²) in [5, 5.41) is 12.7. The van der Waals surface area contributed by atoms with Gasteiger partial charge in [0.05, 0.1) is 6.10 Å². The van der Waals surface area contributed by atoms with Crippen molar-refractivity contribution in [2.45, 2.75) is 39.2 Å². The molecule has 0 heterocycles. The Bertz CT molecular complexity index is 473.